The Labute approximate surface area is 164 Å². The van der Waals surface area contributed by atoms with Crippen molar-refractivity contribution >= 4 is 57.2 Å². The highest BCUT2D eigenvalue weighted by Gasteiger charge is 2.28. The van der Waals surface area contributed by atoms with Crippen molar-refractivity contribution in [3.8, 4) is 0 Å². The summed E-state index contributed by atoms with van der Waals surface area (Å²) >= 11 is 5.05. The lowest BCUT2D eigenvalue weighted by Gasteiger charge is -2.23. The molecule has 10 heteroatoms. The number of alkyl halides is 3. The van der Waals surface area contributed by atoms with Crippen LogP contribution in [0.3, 0.4) is 0 Å². The topological polar surface area (TPSA) is 30.9 Å². The molecule has 1 aromatic rings. The maximum Gasteiger partial charge on any atom is 0.401 e. The Kier molecular flexibility index (Phi) is 10.7. The van der Waals surface area contributed by atoms with E-state index in [0.29, 0.717) is 19.0 Å². The summed E-state index contributed by atoms with van der Waals surface area (Å²) in [5, 5.41) is 3.07. The van der Waals surface area contributed by atoms with Gasteiger partial charge >= 0.3 is 6.18 Å². The van der Waals surface area contributed by atoms with E-state index in [0.717, 1.165) is 3.79 Å². The summed E-state index contributed by atoms with van der Waals surface area (Å²) in [7, 11) is 5.00. The minimum absolute atomic E-state index is 0. The first-order valence-electron chi connectivity index (χ1n) is 6.62. The fourth-order valence-corrected chi connectivity index (χ4v) is 3.41. The second kappa shape index (κ2) is 10.7. The van der Waals surface area contributed by atoms with Gasteiger partial charge in [-0.15, -0.1) is 35.3 Å². The lowest BCUT2D eigenvalue weighted by molar-refractivity contribution is -0.142. The number of thiophene rings is 1. The SMILES string of the molecule is CN=C(NCCN(C)CC(F)(F)F)N(C)Cc1ccc(Br)s1.I. The summed E-state index contributed by atoms with van der Waals surface area (Å²) in [5.74, 6) is 0.657. The Hall–Kier alpha value is -0.0700. The zero-order valence-corrected chi connectivity index (χ0v) is 17.9. The smallest absolute Gasteiger partial charge is 0.355 e. The van der Waals surface area contributed by atoms with Crippen molar-refractivity contribution in [1.29, 1.82) is 0 Å². The molecule has 1 N–H and O–H groups in total. The molecule has 134 valence electrons. The van der Waals surface area contributed by atoms with Crippen LogP contribution in [0.4, 0.5) is 13.2 Å². The average molecular weight is 529 g/mol. The van der Waals surface area contributed by atoms with Gasteiger partial charge in [0.25, 0.3) is 0 Å². The first-order chi connectivity index (χ1) is 10.2. The predicted octanol–water partition coefficient (Wildman–Crippen LogP) is 3.63. The van der Waals surface area contributed by atoms with E-state index in [4.69, 9.17) is 0 Å². The van der Waals surface area contributed by atoms with Gasteiger partial charge in [-0.3, -0.25) is 9.89 Å². The monoisotopic (exact) mass is 528 g/mol. The van der Waals surface area contributed by atoms with Gasteiger partial charge in [-0.1, -0.05) is 0 Å². The lowest BCUT2D eigenvalue weighted by Crippen LogP contribution is -2.42. The fraction of sp³-hybridized carbons (Fsp3) is 0.615. The number of aliphatic imine (C=N–C) groups is 1. The zero-order valence-electron chi connectivity index (χ0n) is 13.2. The van der Waals surface area contributed by atoms with Crippen LogP contribution < -0.4 is 5.32 Å². The number of nitrogens with zero attached hydrogens (tertiary/aromatic N) is 3. The molecule has 1 heterocycles. The largest absolute Gasteiger partial charge is 0.401 e. The van der Waals surface area contributed by atoms with Crippen LogP contribution in [0.2, 0.25) is 0 Å². The molecule has 0 aliphatic carbocycles. The molecule has 0 aliphatic rings. The molecule has 0 spiro atoms. The first kappa shape index (κ1) is 22.9. The number of hydrogen-bond donors (Lipinski definition) is 1. The Morgan fingerprint density at radius 2 is 2.00 bits per heavy atom. The standard InChI is InChI=1S/C13H20BrF3N4S.HI/c1-18-12(19-6-7-20(2)9-13(15,16)17)21(3)8-10-4-5-11(14)22-10;/h4-5H,6-9H2,1-3H3,(H,18,19);1H. The minimum Gasteiger partial charge on any atom is -0.355 e. The van der Waals surface area contributed by atoms with Crippen molar-refractivity contribution in [3.05, 3.63) is 20.8 Å². The molecule has 23 heavy (non-hydrogen) atoms. The van der Waals surface area contributed by atoms with E-state index in [2.05, 4.69) is 26.2 Å². The van der Waals surface area contributed by atoms with Crippen LogP contribution in [0, 0.1) is 0 Å². The van der Waals surface area contributed by atoms with Crippen molar-refractivity contribution in [2.24, 2.45) is 4.99 Å². The van der Waals surface area contributed by atoms with Crippen LogP contribution in [0.15, 0.2) is 20.9 Å². The Balaban J connectivity index is 0.00000484. The lowest BCUT2D eigenvalue weighted by atomic mass is 10.4. The van der Waals surface area contributed by atoms with Gasteiger partial charge in [0.1, 0.15) is 0 Å². The average Bonchev–Trinajstić information content (AvgIpc) is 2.77. The maximum absolute atomic E-state index is 12.2. The van der Waals surface area contributed by atoms with Gasteiger partial charge in [-0.05, 0) is 35.1 Å². The molecule has 0 amide bonds. The molecule has 0 atom stereocenters. The second-order valence-electron chi connectivity index (χ2n) is 4.89. The summed E-state index contributed by atoms with van der Waals surface area (Å²) in [4.78, 5) is 8.48. The Bertz CT molecular complexity index is 496. The van der Waals surface area contributed by atoms with Crippen LogP contribution >= 0.6 is 51.2 Å². The quantitative estimate of drug-likeness (QED) is 0.347. The van der Waals surface area contributed by atoms with Crippen LogP contribution in [0.5, 0.6) is 0 Å². The molecule has 0 aromatic carbocycles. The van der Waals surface area contributed by atoms with Crippen LogP contribution in [-0.2, 0) is 6.54 Å². The predicted molar refractivity (Wildman–Crippen MR) is 104 cm³/mol. The van der Waals surface area contributed by atoms with Crippen LogP contribution in [-0.4, -0.2) is 62.7 Å². The third-order valence-electron chi connectivity index (χ3n) is 2.82. The molecule has 0 unspecified atom stereocenters. The number of rotatable bonds is 6. The van der Waals surface area contributed by atoms with Crippen molar-refractivity contribution in [2.45, 2.75) is 12.7 Å². The molecule has 0 saturated carbocycles. The third-order valence-corrected chi connectivity index (χ3v) is 4.43. The highest BCUT2D eigenvalue weighted by molar-refractivity contribution is 14.0. The summed E-state index contributed by atoms with van der Waals surface area (Å²) < 4.78 is 37.8. The highest BCUT2D eigenvalue weighted by atomic mass is 127. The molecule has 0 fully saturated rings. The number of nitrogens with one attached hydrogen (secondary N) is 1. The van der Waals surface area contributed by atoms with Crippen LogP contribution in [0.1, 0.15) is 4.88 Å². The second-order valence-corrected chi connectivity index (χ2v) is 7.44. The molecule has 0 bridgehead atoms. The van der Waals surface area contributed by atoms with E-state index < -0.39 is 12.7 Å². The van der Waals surface area contributed by atoms with Crippen molar-refractivity contribution in [1.82, 2.24) is 15.1 Å². The van der Waals surface area contributed by atoms with Gasteiger partial charge in [-0.25, -0.2) is 0 Å². The fourth-order valence-electron chi connectivity index (χ4n) is 1.87. The molecule has 1 rings (SSSR count). The molecule has 0 saturated heterocycles. The maximum atomic E-state index is 12.2. The molecular formula is C13H21BrF3IN4S. The van der Waals surface area contributed by atoms with E-state index in [-0.39, 0.29) is 30.5 Å². The Morgan fingerprint density at radius 1 is 1.35 bits per heavy atom. The van der Waals surface area contributed by atoms with Crippen molar-refractivity contribution in [3.63, 3.8) is 0 Å². The number of guanidine groups is 1. The molecule has 4 nitrogen and oxygen atoms in total. The Morgan fingerprint density at radius 3 is 2.48 bits per heavy atom. The summed E-state index contributed by atoms with van der Waals surface area (Å²) in [6, 6.07) is 4.01. The van der Waals surface area contributed by atoms with Gasteiger partial charge < -0.3 is 10.2 Å². The summed E-state index contributed by atoms with van der Waals surface area (Å²) in [5.41, 5.74) is 0. The van der Waals surface area contributed by atoms with Crippen molar-refractivity contribution in [2.75, 3.05) is 40.8 Å². The molecule has 0 aliphatic heterocycles. The van der Waals surface area contributed by atoms with E-state index >= 15 is 0 Å². The third kappa shape index (κ3) is 9.72. The number of hydrogen-bond acceptors (Lipinski definition) is 3. The van der Waals surface area contributed by atoms with Crippen molar-refractivity contribution < 1.29 is 13.2 Å². The summed E-state index contributed by atoms with van der Waals surface area (Å²) in [6.07, 6.45) is -4.17. The van der Waals surface area contributed by atoms with E-state index in [1.807, 2.05) is 24.1 Å². The van der Waals surface area contributed by atoms with E-state index in [9.17, 15) is 13.2 Å². The van der Waals surface area contributed by atoms with Gasteiger partial charge in [0, 0.05) is 32.1 Å². The van der Waals surface area contributed by atoms with Gasteiger partial charge in [0.15, 0.2) is 5.96 Å². The van der Waals surface area contributed by atoms with E-state index in [1.165, 1.54) is 16.8 Å². The van der Waals surface area contributed by atoms with Gasteiger partial charge in [-0.2, -0.15) is 13.2 Å². The molecule has 1 aromatic heterocycles. The van der Waals surface area contributed by atoms with Crippen LogP contribution in [0.25, 0.3) is 0 Å². The molecular weight excluding hydrogens is 508 g/mol. The minimum atomic E-state index is -4.17. The number of likely N-dealkylation sites (N-methyl/N-ethyl adjacent to an activating group) is 1. The molecule has 0 radical (unpaired) electrons. The van der Waals surface area contributed by atoms with Gasteiger partial charge in [0.05, 0.1) is 16.9 Å². The van der Waals surface area contributed by atoms with Gasteiger partial charge in [0.2, 0.25) is 0 Å². The number of halogens is 5. The summed E-state index contributed by atoms with van der Waals surface area (Å²) in [6.45, 7) is 0.468. The first-order valence-corrected chi connectivity index (χ1v) is 8.23. The van der Waals surface area contributed by atoms with E-state index in [1.54, 1.807) is 18.4 Å². The highest BCUT2D eigenvalue weighted by Crippen LogP contribution is 2.22. The zero-order chi connectivity index (χ0) is 16.8. The normalized spacial score (nSPS) is 12.3.